The highest BCUT2D eigenvalue weighted by Crippen LogP contribution is 2.40. The maximum absolute atomic E-state index is 13.8. The number of likely N-dealkylation sites (tertiary alicyclic amines) is 1. The van der Waals surface area contributed by atoms with Crippen molar-refractivity contribution >= 4 is 34.4 Å². The second kappa shape index (κ2) is 13.5. The largest absolute Gasteiger partial charge is 0.505 e. The first kappa shape index (κ1) is 32.1. The van der Waals surface area contributed by atoms with Crippen molar-refractivity contribution in [2.45, 2.75) is 59.3 Å². The quantitative estimate of drug-likeness (QED) is 0.425. The Balaban J connectivity index is 0.00000108. The molecular formula is C27H37F3N6O4S. The lowest BCUT2D eigenvalue weighted by molar-refractivity contribution is -0.138. The molecule has 1 unspecified atom stereocenters. The molecule has 1 aromatic heterocycles. The summed E-state index contributed by atoms with van der Waals surface area (Å²) in [6, 6.07) is 4.94. The summed E-state index contributed by atoms with van der Waals surface area (Å²) < 4.78 is 66.7. The van der Waals surface area contributed by atoms with Crippen LogP contribution in [-0.4, -0.2) is 69.9 Å². The zero-order valence-corrected chi connectivity index (χ0v) is 24.8. The van der Waals surface area contributed by atoms with Gasteiger partial charge in [-0.25, -0.2) is 4.21 Å². The van der Waals surface area contributed by atoms with Crippen LogP contribution in [0.2, 0.25) is 0 Å². The lowest BCUT2D eigenvalue weighted by Crippen LogP contribution is -2.44. The zero-order valence-electron chi connectivity index (χ0n) is 24.0. The Morgan fingerprint density at radius 1 is 1.17 bits per heavy atom. The number of piperidine rings is 1. The Labute approximate surface area is 240 Å². The molecule has 1 amide bonds. The predicted octanol–water partition coefficient (Wildman–Crippen LogP) is 4.73. The van der Waals surface area contributed by atoms with Crippen LogP contribution in [0.5, 0.6) is 5.75 Å². The van der Waals surface area contributed by atoms with Gasteiger partial charge in [0, 0.05) is 13.1 Å². The lowest BCUT2D eigenvalue weighted by Gasteiger charge is -2.35. The van der Waals surface area contributed by atoms with Crippen molar-refractivity contribution in [3.05, 3.63) is 46.9 Å². The van der Waals surface area contributed by atoms with Crippen LogP contribution in [-0.2, 0) is 23.9 Å². The fraction of sp³-hybridized carbons (Fsp3) is 0.519. The first-order chi connectivity index (χ1) is 19.2. The molecule has 14 heteroatoms. The number of hydrogen-bond donors (Lipinski definition) is 3. The predicted molar refractivity (Wildman–Crippen MR) is 153 cm³/mol. The highest BCUT2D eigenvalue weighted by Gasteiger charge is 2.40. The van der Waals surface area contributed by atoms with E-state index < -0.39 is 40.1 Å². The van der Waals surface area contributed by atoms with Crippen molar-refractivity contribution < 1.29 is 31.7 Å². The van der Waals surface area contributed by atoms with E-state index >= 15 is 0 Å². The van der Waals surface area contributed by atoms with Crippen molar-refractivity contribution in [3.8, 4) is 5.75 Å². The molecule has 41 heavy (non-hydrogen) atoms. The minimum Gasteiger partial charge on any atom is -0.505 e. The van der Waals surface area contributed by atoms with E-state index in [-0.39, 0.29) is 29.9 Å². The number of nitrogens with one attached hydrogen (secondary N) is 2. The fourth-order valence-corrected chi connectivity index (χ4v) is 4.85. The van der Waals surface area contributed by atoms with E-state index in [4.69, 9.17) is 4.42 Å². The SMILES string of the molecule is CC(C)C.Cc1ccc(CNC2=NS(=O)N=C2Nc2ccc(C(F)(F)F)c(C(=O)N(C)C3CCN(C)CC3)c2O)o1. The lowest BCUT2D eigenvalue weighted by atomic mass is 9.99. The van der Waals surface area contributed by atoms with Crippen LogP contribution in [0.4, 0.5) is 18.9 Å². The third-order valence-corrected chi connectivity index (χ3v) is 6.97. The van der Waals surface area contributed by atoms with Gasteiger partial charge in [0.25, 0.3) is 17.1 Å². The first-order valence-electron chi connectivity index (χ1n) is 13.2. The van der Waals surface area contributed by atoms with Crippen LogP contribution in [0.3, 0.4) is 0 Å². The van der Waals surface area contributed by atoms with Gasteiger partial charge in [-0.15, -0.1) is 8.80 Å². The van der Waals surface area contributed by atoms with Gasteiger partial charge in [0.15, 0.2) is 17.4 Å². The van der Waals surface area contributed by atoms with Gasteiger partial charge in [0.2, 0.25) is 0 Å². The van der Waals surface area contributed by atoms with Crippen molar-refractivity contribution in [2.24, 2.45) is 14.7 Å². The van der Waals surface area contributed by atoms with E-state index in [1.54, 1.807) is 19.1 Å². The Morgan fingerprint density at radius 2 is 1.78 bits per heavy atom. The van der Waals surface area contributed by atoms with E-state index in [1.807, 2.05) is 7.05 Å². The molecule has 4 rings (SSSR count). The van der Waals surface area contributed by atoms with Crippen LogP contribution in [0.1, 0.15) is 61.1 Å². The van der Waals surface area contributed by atoms with Gasteiger partial charge in [-0.05, 0) is 70.1 Å². The summed E-state index contributed by atoms with van der Waals surface area (Å²) in [5, 5.41) is 16.5. The summed E-state index contributed by atoms with van der Waals surface area (Å²) in [4.78, 5) is 16.6. The standard InChI is InChI=1S/C23H27F3N6O4S.C4H10/c1-13-4-5-15(36-13)12-27-20-21(30-37(35)29-20)28-17-7-6-16(23(24,25)26)18(19(17)33)22(34)32(3)14-8-10-31(2)11-9-14;1-4(2)3/h4-7,14,33H,8-12H2,1-3H3,(H,27,29)(H,28,30);4H,1-3H3. The van der Waals surface area contributed by atoms with Crippen molar-refractivity contribution in [3.63, 3.8) is 0 Å². The summed E-state index contributed by atoms with van der Waals surface area (Å²) in [6.45, 7) is 9.85. The van der Waals surface area contributed by atoms with Gasteiger partial charge in [-0.2, -0.15) is 13.2 Å². The van der Waals surface area contributed by atoms with Gasteiger partial charge >= 0.3 is 6.18 Å². The highest BCUT2D eigenvalue weighted by molar-refractivity contribution is 7.83. The third-order valence-electron chi connectivity index (χ3n) is 6.30. The summed E-state index contributed by atoms with van der Waals surface area (Å²) in [7, 11) is 3.37. The molecule has 1 aromatic carbocycles. The molecule has 0 aliphatic carbocycles. The van der Waals surface area contributed by atoms with Crippen LogP contribution in [0.15, 0.2) is 37.5 Å². The molecule has 10 nitrogen and oxygen atoms in total. The molecule has 0 radical (unpaired) electrons. The van der Waals surface area contributed by atoms with E-state index in [9.17, 15) is 27.3 Å². The number of hydrogen-bond acceptors (Lipinski definition) is 7. The Bertz CT molecular complexity index is 1310. The molecule has 2 aliphatic heterocycles. The number of anilines is 1. The Morgan fingerprint density at radius 3 is 2.34 bits per heavy atom. The number of rotatable bonds is 5. The average molecular weight is 599 g/mol. The number of aromatic hydroxyl groups is 1. The number of carbonyl (C=O) groups is 1. The summed E-state index contributed by atoms with van der Waals surface area (Å²) in [5.41, 5.74) is -2.33. The highest BCUT2D eigenvalue weighted by atomic mass is 32.2. The zero-order chi connectivity index (χ0) is 30.5. The molecule has 1 saturated heterocycles. The van der Waals surface area contributed by atoms with Gasteiger partial charge in [-0.1, -0.05) is 20.8 Å². The molecule has 0 spiro atoms. The molecule has 226 valence electrons. The second-order valence-electron chi connectivity index (χ2n) is 10.7. The number of halogens is 3. The molecule has 2 aliphatic rings. The van der Waals surface area contributed by atoms with Gasteiger partial charge in [0.1, 0.15) is 11.5 Å². The van der Waals surface area contributed by atoms with Gasteiger partial charge in [-0.3, -0.25) is 4.79 Å². The van der Waals surface area contributed by atoms with Crippen LogP contribution >= 0.6 is 0 Å². The van der Waals surface area contributed by atoms with Crippen molar-refractivity contribution in [1.82, 2.24) is 15.1 Å². The minimum atomic E-state index is -4.88. The van der Waals surface area contributed by atoms with E-state index in [0.717, 1.165) is 18.1 Å². The maximum atomic E-state index is 13.8. The molecule has 0 bridgehead atoms. The monoisotopic (exact) mass is 598 g/mol. The number of carbonyl (C=O) groups excluding carboxylic acids is 1. The maximum Gasteiger partial charge on any atom is 0.417 e. The van der Waals surface area contributed by atoms with E-state index in [1.165, 1.54) is 11.9 Å². The third kappa shape index (κ3) is 8.55. The minimum absolute atomic E-state index is 0.0583. The van der Waals surface area contributed by atoms with Crippen LogP contribution < -0.4 is 10.6 Å². The second-order valence-corrected chi connectivity index (χ2v) is 11.5. The number of furan rings is 1. The van der Waals surface area contributed by atoms with Crippen LogP contribution in [0, 0.1) is 12.8 Å². The fourth-order valence-electron chi connectivity index (χ4n) is 4.21. The van der Waals surface area contributed by atoms with Crippen molar-refractivity contribution in [2.75, 3.05) is 32.5 Å². The summed E-state index contributed by atoms with van der Waals surface area (Å²) in [6.07, 6.45) is -3.68. The Hall–Kier alpha value is -3.39. The molecule has 1 atom stereocenters. The number of benzene rings is 1. The molecule has 1 fully saturated rings. The van der Waals surface area contributed by atoms with Gasteiger partial charge in [0.05, 0.1) is 23.4 Å². The number of amidine groups is 2. The summed E-state index contributed by atoms with van der Waals surface area (Å²) in [5.74, 6) is 0.250. The van der Waals surface area contributed by atoms with E-state index in [2.05, 4.69) is 45.1 Å². The normalized spacial score (nSPS) is 18.0. The topological polar surface area (TPSA) is 123 Å². The Kier molecular flexibility index (Phi) is 10.6. The number of nitrogens with zero attached hydrogens (tertiary/aromatic N) is 4. The number of alkyl halides is 3. The molecule has 2 aromatic rings. The first-order valence-corrected chi connectivity index (χ1v) is 14.3. The number of aryl methyl sites for hydroxylation is 1. The molecule has 3 heterocycles. The smallest absolute Gasteiger partial charge is 0.417 e. The summed E-state index contributed by atoms with van der Waals surface area (Å²) >= 11 is -1.98. The average Bonchev–Trinajstić information content (AvgIpc) is 3.46. The van der Waals surface area contributed by atoms with Gasteiger partial charge < -0.3 is 30.0 Å². The van der Waals surface area contributed by atoms with Crippen LogP contribution in [0.25, 0.3) is 0 Å². The number of phenols is 1. The van der Waals surface area contributed by atoms with E-state index in [0.29, 0.717) is 37.5 Å². The number of amides is 1. The molecule has 0 saturated carbocycles. The molecular weight excluding hydrogens is 561 g/mol. The van der Waals surface area contributed by atoms with Crippen molar-refractivity contribution in [1.29, 1.82) is 0 Å². The number of phenolic OH excluding ortho intramolecular Hbond substituents is 1. The molecule has 3 N–H and O–H groups in total.